The Morgan fingerprint density at radius 1 is 1.23 bits per heavy atom. The van der Waals surface area contributed by atoms with Gasteiger partial charge in [0.15, 0.2) is 0 Å². The summed E-state index contributed by atoms with van der Waals surface area (Å²) in [5.41, 5.74) is 2.47. The summed E-state index contributed by atoms with van der Waals surface area (Å²) in [7, 11) is 0. The van der Waals surface area contributed by atoms with Crippen molar-refractivity contribution in [3.8, 4) is 6.07 Å². The van der Waals surface area contributed by atoms with Gasteiger partial charge >= 0.3 is 0 Å². The molecule has 1 aromatic carbocycles. The lowest BCUT2D eigenvalue weighted by Crippen LogP contribution is -2.35. The smallest absolute Gasteiger partial charge is 0.103 e. The molecule has 0 bridgehead atoms. The fraction of sp³-hybridized carbons (Fsp3) is 0.444. The minimum atomic E-state index is 0.372. The average molecular weight is 293 g/mol. The van der Waals surface area contributed by atoms with Gasteiger partial charge in [-0.2, -0.15) is 5.26 Å². The average Bonchev–Trinajstić information content (AvgIpc) is 3.40. The summed E-state index contributed by atoms with van der Waals surface area (Å²) in [6.45, 7) is 0.809. The number of nitrogens with one attached hydrogen (secondary N) is 1. The number of nitrogens with zero attached hydrogens (tertiary/aromatic N) is 2. The number of pyridine rings is 1. The zero-order chi connectivity index (χ0) is 14.9. The van der Waals surface area contributed by atoms with Crippen molar-refractivity contribution in [2.45, 2.75) is 37.8 Å². The van der Waals surface area contributed by atoms with Crippen LogP contribution in [0.15, 0.2) is 30.5 Å². The normalized spacial score (nSPS) is 24.9. The molecule has 22 heavy (non-hydrogen) atoms. The third-order valence-electron chi connectivity index (χ3n) is 4.71. The summed E-state index contributed by atoms with van der Waals surface area (Å²) in [5, 5.41) is 14.0. The zero-order valence-corrected chi connectivity index (χ0v) is 12.5. The number of nitriles is 1. The van der Waals surface area contributed by atoms with Crippen molar-refractivity contribution in [2.75, 3.05) is 11.9 Å². The van der Waals surface area contributed by atoms with E-state index in [1.165, 1.54) is 12.8 Å². The predicted octanol–water partition coefficient (Wildman–Crippen LogP) is 3.48. The number of benzene rings is 1. The Morgan fingerprint density at radius 3 is 2.91 bits per heavy atom. The van der Waals surface area contributed by atoms with Gasteiger partial charge in [-0.25, -0.2) is 0 Å². The van der Waals surface area contributed by atoms with E-state index in [0.717, 1.165) is 42.0 Å². The topological polar surface area (TPSA) is 57.9 Å². The first kappa shape index (κ1) is 13.5. The van der Waals surface area contributed by atoms with Crippen LogP contribution in [0.1, 0.15) is 31.2 Å². The Bertz CT molecular complexity index is 733. The molecule has 1 N–H and O–H groups in total. The van der Waals surface area contributed by atoms with Crippen molar-refractivity contribution < 1.29 is 4.74 Å². The second kappa shape index (κ2) is 5.58. The number of hydrogen-bond donors (Lipinski definition) is 1. The van der Waals surface area contributed by atoms with Gasteiger partial charge in [-0.1, -0.05) is 18.2 Å². The van der Waals surface area contributed by atoms with E-state index >= 15 is 0 Å². The van der Waals surface area contributed by atoms with Crippen LogP contribution >= 0.6 is 0 Å². The van der Waals surface area contributed by atoms with Gasteiger partial charge in [-0.05, 0) is 37.7 Å². The molecule has 1 aromatic heterocycles. The highest BCUT2D eigenvalue weighted by Crippen LogP contribution is 2.39. The van der Waals surface area contributed by atoms with Crippen molar-refractivity contribution in [3.05, 3.63) is 36.0 Å². The highest BCUT2D eigenvalue weighted by Gasteiger charge is 2.36. The number of fused-ring (bicyclic) bond motifs is 1. The SMILES string of the molecule is N#Cc1cnc2ccccc2c1NC1CCOC(C2CC2)C1. The molecule has 112 valence electrons. The highest BCUT2D eigenvalue weighted by atomic mass is 16.5. The maximum atomic E-state index is 9.40. The summed E-state index contributed by atoms with van der Waals surface area (Å²) < 4.78 is 5.90. The number of ether oxygens (including phenoxy) is 1. The highest BCUT2D eigenvalue weighted by molar-refractivity contribution is 5.93. The van der Waals surface area contributed by atoms with Gasteiger partial charge in [0.25, 0.3) is 0 Å². The van der Waals surface area contributed by atoms with Gasteiger partial charge in [0.2, 0.25) is 0 Å². The number of anilines is 1. The molecule has 4 nitrogen and oxygen atoms in total. The first-order valence-electron chi connectivity index (χ1n) is 8.01. The van der Waals surface area contributed by atoms with Crippen molar-refractivity contribution in [2.24, 2.45) is 5.92 Å². The summed E-state index contributed by atoms with van der Waals surface area (Å²) in [5.74, 6) is 0.759. The van der Waals surface area contributed by atoms with E-state index in [9.17, 15) is 5.26 Å². The lowest BCUT2D eigenvalue weighted by molar-refractivity contribution is -0.00217. The van der Waals surface area contributed by atoms with Crippen LogP contribution in [-0.2, 0) is 4.74 Å². The molecule has 0 amide bonds. The van der Waals surface area contributed by atoms with E-state index < -0.39 is 0 Å². The standard InChI is InChI=1S/C18H19N3O/c19-10-13-11-20-16-4-2-1-3-15(16)18(13)21-14-7-8-22-17(9-14)12-5-6-12/h1-4,11-12,14,17H,5-9H2,(H,20,21). The van der Waals surface area contributed by atoms with Crippen LogP contribution in [0.4, 0.5) is 5.69 Å². The van der Waals surface area contributed by atoms with Crippen LogP contribution in [0.5, 0.6) is 0 Å². The third kappa shape index (κ3) is 2.53. The molecule has 2 atom stereocenters. The fourth-order valence-electron chi connectivity index (χ4n) is 3.34. The lowest BCUT2D eigenvalue weighted by Gasteiger charge is -2.31. The largest absolute Gasteiger partial charge is 0.380 e. The molecule has 1 saturated heterocycles. The van der Waals surface area contributed by atoms with Crippen molar-refractivity contribution in [3.63, 3.8) is 0 Å². The molecule has 2 aromatic rings. The predicted molar refractivity (Wildman–Crippen MR) is 85.6 cm³/mol. The first-order chi connectivity index (χ1) is 10.8. The molecule has 2 unspecified atom stereocenters. The maximum absolute atomic E-state index is 9.40. The Hall–Kier alpha value is -2.12. The summed E-state index contributed by atoms with van der Waals surface area (Å²) >= 11 is 0. The van der Waals surface area contributed by atoms with Crippen molar-refractivity contribution in [1.29, 1.82) is 5.26 Å². The molecule has 0 radical (unpaired) electrons. The summed E-state index contributed by atoms with van der Waals surface area (Å²) in [6.07, 6.45) is 6.70. The van der Waals surface area contributed by atoms with E-state index in [1.54, 1.807) is 6.20 Å². The second-order valence-electron chi connectivity index (χ2n) is 6.29. The quantitative estimate of drug-likeness (QED) is 0.941. The molecule has 2 heterocycles. The van der Waals surface area contributed by atoms with Crippen molar-refractivity contribution in [1.82, 2.24) is 4.98 Å². The molecule has 2 fully saturated rings. The molecule has 0 spiro atoms. The summed E-state index contributed by atoms with van der Waals surface area (Å²) in [6, 6.07) is 10.6. The Labute approximate surface area is 130 Å². The van der Waals surface area contributed by atoms with Crippen LogP contribution in [0.2, 0.25) is 0 Å². The molecular weight excluding hydrogens is 274 g/mol. The monoisotopic (exact) mass is 293 g/mol. The van der Waals surface area contributed by atoms with E-state index in [4.69, 9.17) is 4.74 Å². The number of aromatic nitrogens is 1. The first-order valence-corrected chi connectivity index (χ1v) is 8.01. The summed E-state index contributed by atoms with van der Waals surface area (Å²) in [4.78, 5) is 4.37. The number of para-hydroxylation sites is 1. The lowest BCUT2D eigenvalue weighted by atomic mass is 9.99. The van der Waals surface area contributed by atoms with Crippen LogP contribution in [0.25, 0.3) is 10.9 Å². The number of rotatable bonds is 3. The molecule has 1 aliphatic heterocycles. The van der Waals surface area contributed by atoms with Gasteiger partial charge in [0.05, 0.1) is 22.9 Å². The van der Waals surface area contributed by atoms with Gasteiger partial charge < -0.3 is 10.1 Å². The van der Waals surface area contributed by atoms with E-state index in [2.05, 4.69) is 16.4 Å². The van der Waals surface area contributed by atoms with Crippen LogP contribution in [-0.4, -0.2) is 23.7 Å². The zero-order valence-electron chi connectivity index (χ0n) is 12.5. The van der Waals surface area contributed by atoms with Gasteiger partial charge in [-0.3, -0.25) is 4.98 Å². The molecule has 1 aliphatic carbocycles. The molecule has 1 saturated carbocycles. The third-order valence-corrected chi connectivity index (χ3v) is 4.71. The minimum Gasteiger partial charge on any atom is -0.380 e. The number of hydrogen-bond acceptors (Lipinski definition) is 4. The molecule has 4 heteroatoms. The van der Waals surface area contributed by atoms with Crippen LogP contribution < -0.4 is 5.32 Å². The van der Waals surface area contributed by atoms with Gasteiger partial charge in [-0.15, -0.1) is 0 Å². The van der Waals surface area contributed by atoms with E-state index in [-0.39, 0.29) is 0 Å². The van der Waals surface area contributed by atoms with Crippen LogP contribution in [0.3, 0.4) is 0 Å². The molecule has 4 rings (SSSR count). The Morgan fingerprint density at radius 2 is 2.09 bits per heavy atom. The Kier molecular flexibility index (Phi) is 3.44. The second-order valence-corrected chi connectivity index (χ2v) is 6.29. The fourth-order valence-corrected chi connectivity index (χ4v) is 3.34. The molecular formula is C18H19N3O. The van der Waals surface area contributed by atoms with Crippen LogP contribution in [0, 0.1) is 17.2 Å². The minimum absolute atomic E-state index is 0.372. The molecule has 2 aliphatic rings. The van der Waals surface area contributed by atoms with E-state index in [1.807, 2.05) is 24.3 Å². The van der Waals surface area contributed by atoms with Gasteiger partial charge in [0, 0.05) is 24.2 Å². The van der Waals surface area contributed by atoms with Gasteiger partial charge in [0.1, 0.15) is 6.07 Å². The maximum Gasteiger partial charge on any atom is 0.103 e. The van der Waals surface area contributed by atoms with Crippen molar-refractivity contribution >= 4 is 16.6 Å². The Balaban J connectivity index is 1.64. The van der Waals surface area contributed by atoms with E-state index in [0.29, 0.717) is 17.7 Å².